The van der Waals surface area contributed by atoms with Gasteiger partial charge in [-0.3, -0.25) is 9.59 Å². The summed E-state index contributed by atoms with van der Waals surface area (Å²) < 4.78 is 3.35. The molecule has 0 bridgehead atoms. The predicted octanol–water partition coefficient (Wildman–Crippen LogP) is 4.07. The molecule has 9 heteroatoms. The molecule has 0 aliphatic rings. The Morgan fingerprint density at radius 1 is 1.03 bits per heavy atom. The predicted molar refractivity (Wildman–Crippen MR) is 134 cm³/mol. The van der Waals surface area contributed by atoms with Gasteiger partial charge in [-0.15, -0.1) is 0 Å². The van der Waals surface area contributed by atoms with Gasteiger partial charge in [-0.2, -0.15) is 0 Å². The van der Waals surface area contributed by atoms with Gasteiger partial charge in [0.05, 0.1) is 12.5 Å². The first-order valence-electron chi connectivity index (χ1n) is 11.1. The lowest BCUT2D eigenvalue weighted by Gasteiger charge is -2.19. The molecular weight excluding hydrogens is 448 g/mol. The minimum atomic E-state index is -1.10. The molecule has 2 amide bonds. The molecule has 0 spiro atoms. The van der Waals surface area contributed by atoms with E-state index in [2.05, 4.69) is 34.3 Å². The molecule has 2 heterocycles. The topological polar surface area (TPSA) is 126 Å². The number of carboxylic acids is 1. The third-order valence-corrected chi connectivity index (χ3v) is 5.91. The van der Waals surface area contributed by atoms with Crippen molar-refractivity contribution in [2.24, 2.45) is 7.05 Å². The summed E-state index contributed by atoms with van der Waals surface area (Å²) in [5, 5.41) is 25.5. The molecule has 35 heavy (non-hydrogen) atoms. The number of rotatable bonds is 7. The first-order chi connectivity index (χ1) is 16.8. The van der Waals surface area contributed by atoms with Crippen LogP contribution in [0.5, 0.6) is 5.75 Å². The Hall–Kier alpha value is -4.53. The zero-order chi connectivity index (χ0) is 25.1. The highest BCUT2D eigenvalue weighted by Gasteiger charge is 2.20. The van der Waals surface area contributed by atoms with Crippen LogP contribution >= 0.6 is 0 Å². The molecule has 1 atom stereocenters. The molecule has 4 aromatic rings. The number of carbonyl (C=O) groups is 2. The zero-order valence-corrected chi connectivity index (χ0v) is 19.4. The summed E-state index contributed by atoms with van der Waals surface area (Å²) in [5.41, 5.74) is 2.64. The highest BCUT2D eigenvalue weighted by atomic mass is 16.4. The van der Waals surface area contributed by atoms with Crippen molar-refractivity contribution >= 4 is 28.6 Å². The van der Waals surface area contributed by atoms with Gasteiger partial charge in [-0.25, -0.2) is 4.79 Å². The minimum absolute atomic E-state index is 0.289. The van der Waals surface area contributed by atoms with Crippen LogP contribution in [-0.2, 0) is 18.4 Å². The number of benzene rings is 2. The van der Waals surface area contributed by atoms with Crippen molar-refractivity contribution in [1.82, 2.24) is 14.5 Å². The number of carbonyl (C=O) groups excluding carboxylic acids is 1. The minimum Gasteiger partial charge on any atom is -0.505 e. The summed E-state index contributed by atoms with van der Waals surface area (Å²) in [6, 6.07) is 15.1. The van der Waals surface area contributed by atoms with E-state index in [1.807, 2.05) is 30.5 Å². The van der Waals surface area contributed by atoms with E-state index in [9.17, 15) is 24.6 Å². The summed E-state index contributed by atoms with van der Waals surface area (Å²) in [5.74, 6) is -1.48. The SMILES string of the molecule is CCn1ccc2ccc(-c3cccc(C(CC(=O)O)NC(=O)Nc4c(O)ccn(C)c4=O)c3)cc21. The Labute approximate surface area is 201 Å². The summed E-state index contributed by atoms with van der Waals surface area (Å²) in [6.07, 6.45) is 3.04. The molecule has 0 radical (unpaired) electrons. The van der Waals surface area contributed by atoms with Crippen LogP contribution in [0.15, 0.2) is 71.8 Å². The Kier molecular flexibility index (Phi) is 6.59. The number of aryl methyl sites for hydroxylation is 2. The molecule has 2 aromatic carbocycles. The van der Waals surface area contributed by atoms with Crippen LogP contribution in [0.25, 0.3) is 22.0 Å². The first-order valence-corrected chi connectivity index (χ1v) is 11.1. The van der Waals surface area contributed by atoms with Crippen LogP contribution in [0.4, 0.5) is 10.5 Å². The van der Waals surface area contributed by atoms with E-state index in [0.29, 0.717) is 5.56 Å². The maximum atomic E-state index is 12.7. The lowest BCUT2D eigenvalue weighted by molar-refractivity contribution is -0.137. The third-order valence-electron chi connectivity index (χ3n) is 5.91. The summed E-state index contributed by atoms with van der Waals surface area (Å²) >= 11 is 0. The molecule has 4 N–H and O–H groups in total. The number of hydrogen-bond acceptors (Lipinski definition) is 4. The van der Waals surface area contributed by atoms with E-state index in [-0.39, 0.29) is 17.9 Å². The lowest BCUT2D eigenvalue weighted by Crippen LogP contribution is -2.35. The molecule has 0 aliphatic heterocycles. The summed E-state index contributed by atoms with van der Waals surface area (Å²) in [4.78, 5) is 36.5. The van der Waals surface area contributed by atoms with Crippen molar-refractivity contribution in [2.45, 2.75) is 25.9 Å². The highest BCUT2D eigenvalue weighted by Crippen LogP contribution is 2.28. The fourth-order valence-corrected chi connectivity index (χ4v) is 4.05. The Balaban J connectivity index is 1.62. The maximum absolute atomic E-state index is 12.7. The second-order valence-corrected chi connectivity index (χ2v) is 8.24. The standard InChI is InChI=1S/C26H26N4O5/c1-3-30-12-9-16-7-8-18(14-21(16)30)17-5-4-6-19(13-17)20(15-23(32)33)27-26(35)28-24-22(31)10-11-29(2)25(24)34/h4-14,20,31H,3,15H2,1-2H3,(H,32,33)(H2,27,28,35). The number of carboxylic acid groups (broad SMARTS) is 1. The quantitative estimate of drug-likeness (QED) is 0.321. The van der Waals surface area contributed by atoms with Crippen LogP contribution in [0, 0.1) is 0 Å². The number of nitrogens with one attached hydrogen (secondary N) is 2. The van der Waals surface area contributed by atoms with E-state index >= 15 is 0 Å². The van der Waals surface area contributed by atoms with E-state index in [1.165, 1.54) is 23.9 Å². The van der Waals surface area contributed by atoms with E-state index in [1.54, 1.807) is 12.1 Å². The highest BCUT2D eigenvalue weighted by molar-refractivity contribution is 5.91. The first kappa shape index (κ1) is 23.6. The van der Waals surface area contributed by atoms with Crippen molar-refractivity contribution in [3.8, 4) is 16.9 Å². The number of aromatic hydroxyl groups is 1. The number of hydrogen-bond donors (Lipinski definition) is 4. The van der Waals surface area contributed by atoms with Crippen LogP contribution < -0.4 is 16.2 Å². The average Bonchev–Trinajstić information content (AvgIpc) is 3.26. The second-order valence-electron chi connectivity index (χ2n) is 8.24. The zero-order valence-electron chi connectivity index (χ0n) is 19.4. The van der Waals surface area contributed by atoms with Gasteiger partial charge >= 0.3 is 12.0 Å². The molecule has 9 nitrogen and oxygen atoms in total. The largest absolute Gasteiger partial charge is 0.505 e. The van der Waals surface area contributed by atoms with Crippen molar-refractivity contribution in [2.75, 3.05) is 5.32 Å². The van der Waals surface area contributed by atoms with Gasteiger partial charge in [-0.05, 0) is 53.3 Å². The lowest BCUT2D eigenvalue weighted by atomic mass is 9.97. The number of urea groups is 1. The number of pyridine rings is 1. The van der Waals surface area contributed by atoms with Crippen molar-refractivity contribution in [3.63, 3.8) is 0 Å². The Morgan fingerprint density at radius 3 is 2.54 bits per heavy atom. The van der Waals surface area contributed by atoms with Gasteiger partial charge in [0, 0.05) is 31.5 Å². The van der Waals surface area contributed by atoms with Gasteiger partial charge < -0.3 is 30.0 Å². The van der Waals surface area contributed by atoms with Gasteiger partial charge in [0.2, 0.25) is 0 Å². The molecule has 0 fully saturated rings. The number of aromatic nitrogens is 2. The molecule has 2 aromatic heterocycles. The molecule has 1 unspecified atom stereocenters. The van der Waals surface area contributed by atoms with Gasteiger partial charge in [0.15, 0.2) is 5.69 Å². The second kappa shape index (κ2) is 9.76. The molecule has 4 rings (SSSR count). The normalized spacial score (nSPS) is 11.8. The smallest absolute Gasteiger partial charge is 0.319 e. The van der Waals surface area contributed by atoms with Crippen molar-refractivity contribution < 1.29 is 19.8 Å². The fraction of sp³-hybridized carbons (Fsp3) is 0.192. The monoisotopic (exact) mass is 474 g/mol. The van der Waals surface area contributed by atoms with Crippen LogP contribution in [0.1, 0.15) is 24.9 Å². The van der Waals surface area contributed by atoms with Crippen LogP contribution in [0.2, 0.25) is 0 Å². The third kappa shape index (κ3) is 5.03. The van der Waals surface area contributed by atoms with Gasteiger partial charge in [0.1, 0.15) is 5.75 Å². The fourth-order valence-electron chi connectivity index (χ4n) is 4.05. The van der Waals surface area contributed by atoms with Gasteiger partial charge in [-0.1, -0.05) is 30.3 Å². The van der Waals surface area contributed by atoms with E-state index < -0.39 is 23.6 Å². The Morgan fingerprint density at radius 2 is 1.80 bits per heavy atom. The molecule has 180 valence electrons. The maximum Gasteiger partial charge on any atom is 0.319 e. The van der Waals surface area contributed by atoms with Crippen molar-refractivity contribution in [3.05, 3.63) is 82.9 Å². The number of nitrogens with zero attached hydrogens (tertiary/aromatic N) is 2. The van der Waals surface area contributed by atoms with E-state index in [4.69, 9.17) is 0 Å². The van der Waals surface area contributed by atoms with E-state index in [0.717, 1.165) is 28.6 Å². The van der Waals surface area contributed by atoms with Gasteiger partial charge in [0.25, 0.3) is 5.56 Å². The molecule has 0 aliphatic carbocycles. The number of anilines is 1. The average molecular weight is 475 g/mol. The number of aliphatic carboxylic acids is 1. The van der Waals surface area contributed by atoms with Crippen molar-refractivity contribution in [1.29, 1.82) is 0 Å². The number of fused-ring (bicyclic) bond motifs is 1. The van der Waals surface area contributed by atoms with Crippen LogP contribution in [-0.4, -0.2) is 31.3 Å². The number of amides is 2. The summed E-state index contributed by atoms with van der Waals surface area (Å²) in [6.45, 7) is 2.91. The Bertz CT molecular complexity index is 1470. The summed E-state index contributed by atoms with van der Waals surface area (Å²) in [7, 11) is 1.48. The van der Waals surface area contributed by atoms with Crippen LogP contribution in [0.3, 0.4) is 0 Å². The molecular formula is C26H26N4O5. The molecule has 0 saturated heterocycles. The molecule has 0 saturated carbocycles.